The lowest BCUT2D eigenvalue weighted by Crippen LogP contribution is -2.50. The summed E-state index contributed by atoms with van der Waals surface area (Å²) in [6.45, 7) is 11.6. The summed E-state index contributed by atoms with van der Waals surface area (Å²) in [6, 6.07) is 0. The first-order valence-corrected chi connectivity index (χ1v) is 6.86. The Kier molecular flexibility index (Phi) is 9.63. The van der Waals surface area contributed by atoms with Gasteiger partial charge in [-0.05, 0) is 25.7 Å². The molecule has 1 aliphatic heterocycles. The molecule has 0 aromatic carbocycles. The topological polar surface area (TPSA) is 18.5 Å². The van der Waals surface area contributed by atoms with Gasteiger partial charge in [-0.3, -0.25) is 0 Å². The van der Waals surface area contributed by atoms with E-state index in [1.54, 1.807) is 0 Å². The minimum atomic E-state index is 0.937. The van der Waals surface area contributed by atoms with Crippen LogP contribution in [0.15, 0.2) is 0 Å². The summed E-state index contributed by atoms with van der Waals surface area (Å²) in [7, 11) is 2.16. The zero-order valence-corrected chi connectivity index (χ0v) is 12.1. The standard InChI is InChI=1S/C10H21N3S.C2H6/c1-3-4-5-11-10(14)13-8-6-12(2)7-9-13;1-2/h3-9H2,1-2H3,(H,11,14);1-2H3. The van der Waals surface area contributed by atoms with Gasteiger partial charge in [0.2, 0.25) is 0 Å². The molecule has 1 N–H and O–H groups in total. The van der Waals surface area contributed by atoms with Gasteiger partial charge >= 0.3 is 0 Å². The minimum absolute atomic E-state index is 0.937. The van der Waals surface area contributed by atoms with Crippen LogP contribution in [0.2, 0.25) is 0 Å². The highest BCUT2D eigenvalue weighted by atomic mass is 32.1. The monoisotopic (exact) mass is 245 g/mol. The number of thiocarbonyl (C=S) groups is 1. The molecule has 1 fully saturated rings. The zero-order valence-electron chi connectivity index (χ0n) is 11.3. The molecule has 0 aromatic rings. The molecular formula is C12H27N3S. The maximum atomic E-state index is 5.32. The SMILES string of the molecule is CC.CCCCNC(=S)N1CCN(C)CC1. The fraction of sp³-hybridized carbons (Fsp3) is 0.917. The molecule has 0 bridgehead atoms. The normalized spacial score (nSPS) is 16.4. The summed E-state index contributed by atoms with van der Waals surface area (Å²) < 4.78 is 0. The molecule has 1 rings (SSSR count). The van der Waals surface area contributed by atoms with Crippen molar-refractivity contribution < 1.29 is 0 Å². The molecule has 0 aliphatic carbocycles. The van der Waals surface area contributed by atoms with Crippen LogP contribution in [0.3, 0.4) is 0 Å². The predicted molar refractivity (Wildman–Crippen MR) is 75.9 cm³/mol. The molecule has 1 saturated heterocycles. The molecule has 0 amide bonds. The van der Waals surface area contributed by atoms with Crippen LogP contribution < -0.4 is 5.32 Å². The van der Waals surface area contributed by atoms with Gasteiger partial charge in [-0.2, -0.15) is 0 Å². The molecule has 0 saturated carbocycles. The smallest absolute Gasteiger partial charge is 0.169 e. The first kappa shape index (κ1) is 15.7. The summed E-state index contributed by atoms with van der Waals surface area (Å²) in [5.74, 6) is 0. The van der Waals surface area contributed by atoms with Crippen LogP contribution in [-0.4, -0.2) is 54.7 Å². The summed E-state index contributed by atoms with van der Waals surface area (Å²) >= 11 is 5.32. The lowest BCUT2D eigenvalue weighted by atomic mass is 10.3. The molecule has 0 aromatic heterocycles. The number of nitrogens with zero attached hydrogens (tertiary/aromatic N) is 2. The van der Waals surface area contributed by atoms with Gasteiger partial charge in [0.1, 0.15) is 0 Å². The quantitative estimate of drug-likeness (QED) is 0.605. The number of unbranched alkanes of at least 4 members (excludes halogenated alkanes) is 1. The fourth-order valence-corrected chi connectivity index (χ4v) is 1.78. The van der Waals surface area contributed by atoms with Gasteiger partial charge in [-0.1, -0.05) is 27.2 Å². The van der Waals surface area contributed by atoms with Crippen LogP contribution in [0, 0.1) is 0 Å². The van der Waals surface area contributed by atoms with Crippen molar-refractivity contribution in [1.29, 1.82) is 0 Å². The highest BCUT2D eigenvalue weighted by Crippen LogP contribution is 1.99. The Morgan fingerprint density at radius 1 is 1.19 bits per heavy atom. The van der Waals surface area contributed by atoms with Gasteiger partial charge in [0, 0.05) is 32.7 Å². The molecule has 0 unspecified atom stereocenters. The van der Waals surface area contributed by atoms with Crippen LogP contribution in [0.4, 0.5) is 0 Å². The van der Waals surface area contributed by atoms with Crippen LogP contribution >= 0.6 is 12.2 Å². The maximum absolute atomic E-state index is 5.32. The van der Waals surface area contributed by atoms with E-state index in [-0.39, 0.29) is 0 Å². The van der Waals surface area contributed by atoms with Gasteiger partial charge in [0.05, 0.1) is 0 Å². The van der Waals surface area contributed by atoms with E-state index in [1.165, 1.54) is 12.8 Å². The summed E-state index contributed by atoms with van der Waals surface area (Å²) in [5.41, 5.74) is 0. The highest BCUT2D eigenvalue weighted by Gasteiger charge is 2.15. The van der Waals surface area contributed by atoms with E-state index < -0.39 is 0 Å². The number of likely N-dealkylation sites (N-methyl/N-ethyl adjacent to an activating group) is 1. The number of nitrogens with one attached hydrogen (secondary N) is 1. The van der Waals surface area contributed by atoms with Crippen LogP contribution in [0.5, 0.6) is 0 Å². The molecule has 4 heteroatoms. The van der Waals surface area contributed by atoms with Gasteiger partial charge in [-0.25, -0.2) is 0 Å². The number of piperazine rings is 1. The van der Waals surface area contributed by atoms with Crippen molar-refractivity contribution in [2.75, 3.05) is 39.8 Å². The van der Waals surface area contributed by atoms with E-state index in [0.717, 1.165) is 37.8 Å². The second kappa shape index (κ2) is 9.85. The molecule has 1 aliphatic rings. The third-order valence-electron chi connectivity index (χ3n) is 2.60. The summed E-state index contributed by atoms with van der Waals surface area (Å²) in [4.78, 5) is 4.61. The second-order valence-electron chi connectivity index (χ2n) is 3.88. The minimum Gasteiger partial charge on any atom is -0.363 e. The largest absolute Gasteiger partial charge is 0.363 e. The van der Waals surface area contributed by atoms with Crippen molar-refractivity contribution in [3.63, 3.8) is 0 Å². The lowest BCUT2D eigenvalue weighted by Gasteiger charge is -2.34. The Hall–Kier alpha value is -0.350. The molecule has 3 nitrogen and oxygen atoms in total. The third-order valence-corrected chi connectivity index (χ3v) is 3.00. The Morgan fingerprint density at radius 3 is 2.25 bits per heavy atom. The van der Waals surface area contributed by atoms with Crippen molar-refractivity contribution in [2.24, 2.45) is 0 Å². The van der Waals surface area contributed by atoms with E-state index in [2.05, 4.69) is 29.1 Å². The maximum Gasteiger partial charge on any atom is 0.169 e. The van der Waals surface area contributed by atoms with Crippen molar-refractivity contribution in [3.8, 4) is 0 Å². The van der Waals surface area contributed by atoms with Crippen molar-refractivity contribution >= 4 is 17.3 Å². The second-order valence-corrected chi connectivity index (χ2v) is 4.26. The molecule has 96 valence electrons. The first-order chi connectivity index (χ1) is 7.74. The molecule has 16 heavy (non-hydrogen) atoms. The number of rotatable bonds is 3. The van der Waals surface area contributed by atoms with E-state index in [1.807, 2.05) is 13.8 Å². The predicted octanol–water partition coefficient (Wildman–Crippen LogP) is 1.93. The Balaban J connectivity index is 0.00000106. The Labute approximate surface area is 106 Å². The number of hydrogen-bond acceptors (Lipinski definition) is 2. The van der Waals surface area contributed by atoms with Gasteiger partial charge in [-0.15, -0.1) is 0 Å². The van der Waals surface area contributed by atoms with Crippen molar-refractivity contribution in [1.82, 2.24) is 15.1 Å². The van der Waals surface area contributed by atoms with Crippen molar-refractivity contribution in [3.05, 3.63) is 0 Å². The van der Waals surface area contributed by atoms with Gasteiger partial charge in [0.25, 0.3) is 0 Å². The average Bonchev–Trinajstić information content (AvgIpc) is 2.33. The lowest BCUT2D eigenvalue weighted by molar-refractivity contribution is 0.214. The molecule has 0 atom stereocenters. The highest BCUT2D eigenvalue weighted by molar-refractivity contribution is 7.80. The molecule has 1 heterocycles. The molecule has 0 spiro atoms. The van der Waals surface area contributed by atoms with E-state index in [0.29, 0.717) is 0 Å². The van der Waals surface area contributed by atoms with Crippen LogP contribution in [0.1, 0.15) is 33.6 Å². The van der Waals surface area contributed by atoms with E-state index >= 15 is 0 Å². The van der Waals surface area contributed by atoms with Crippen LogP contribution in [-0.2, 0) is 0 Å². The first-order valence-electron chi connectivity index (χ1n) is 6.45. The van der Waals surface area contributed by atoms with Crippen molar-refractivity contribution in [2.45, 2.75) is 33.6 Å². The Bertz CT molecular complexity index is 177. The van der Waals surface area contributed by atoms with Gasteiger partial charge in [0.15, 0.2) is 5.11 Å². The van der Waals surface area contributed by atoms with E-state index in [9.17, 15) is 0 Å². The Morgan fingerprint density at radius 2 is 1.75 bits per heavy atom. The third kappa shape index (κ3) is 6.28. The van der Waals surface area contributed by atoms with Crippen LogP contribution in [0.25, 0.3) is 0 Å². The van der Waals surface area contributed by atoms with E-state index in [4.69, 9.17) is 12.2 Å². The summed E-state index contributed by atoms with van der Waals surface area (Å²) in [6.07, 6.45) is 2.42. The average molecular weight is 245 g/mol. The number of hydrogen-bond donors (Lipinski definition) is 1. The summed E-state index contributed by atoms with van der Waals surface area (Å²) in [5, 5.41) is 4.24. The zero-order chi connectivity index (χ0) is 12.4. The fourth-order valence-electron chi connectivity index (χ4n) is 1.49. The molecular weight excluding hydrogens is 218 g/mol. The molecule has 0 radical (unpaired) electrons. The van der Waals surface area contributed by atoms with Gasteiger partial charge < -0.3 is 15.1 Å².